The Bertz CT molecular complexity index is 435. The zero-order valence-electron chi connectivity index (χ0n) is 11.7. The molecule has 1 aromatic rings. The molecule has 0 saturated heterocycles. The molecule has 0 radical (unpaired) electrons. The molecule has 1 atom stereocenters. The third kappa shape index (κ3) is 5.26. The summed E-state index contributed by atoms with van der Waals surface area (Å²) in [5, 5.41) is 3.19. The molecule has 0 fully saturated rings. The molecule has 19 heavy (non-hydrogen) atoms. The van der Waals surface area contributed by atoms with Gasteiger partial charge in [-0.2, -0.15) is 0 Å². The van der Waals surface area contributed by atoms with Crippen molar-refractivity contribution < 1.29 is 18.7 Å². The summed E-state index contributed by atoms with van der Waals surface area (Å²) in [5.74, 6) is -0.570. The van der Waals surface area contributed by atoms with Gasteiger partial charge in [0, 0.05) is 18.7 Å². The molecule has 0 saturated carbocycles. The predicted molar refractivity (Wildman–Crippen MR) is 70.5 cm³/mol. The molecule has 106 valence electrons. The molecule has 0 aliphatic carbocycles. The Morgan fingerprint density at radius 3 is 2.58 bits per heavy atom. The molecule has 0 aliphatic rings. The molecule has 0 aliphatic heterocycles. The first kappa shape index (κ1) is 15.4. The number of ether oxygens (including phenoxy) is 2. The number of carbonyl (C=O) groups is 1. The largest absolute Gasteiger partial charge is 0.479 e. The number of hydrogen-bond acceptors (Lipinski definition) is 4. The number of esters is 1. The van der Waals surface area contributed by atoms with Gasteiger partial charge in [0.25, 0.3) is 0 Å². The molecule has 0 bridgehead atoms. The molecule has 4 nitrogen and oxygen atoms in total. The van der Waals surface area contributed by atoms with Crippen molar-refractivity contribution in [2.24, 2.45) is 0 Å². The summed E-state index contributed by atoms with van der Waals surface area (Å²) in [7, 11) is 1.28. The van der Waals surface area contributed by atoms with Gasteiger partial charge in [-0.1, -0.05) is 13.8 Å². The molecule has 1 aromatic carbocycles. The van der Waals surface area contributed by atoms with Crippen molar-refractivity contribution in [2.45, 2.75) is 39.5 Å². The molecule has 0 amide bonds. The fourth-order valence-electron chi connectivity index (χ4n) is 1.53. The Hall–Kier alpha value is -1.62. The second-order valence-corrected chi connectivity index (χ2v) is 4.61. The van der Waals surface area contributed by atoms with E-state index in [9.17, 15) is 9.18 Å². The van der Waals surface area contributed by atoms with E-state index in [4.69, 9.17) is 4.74 Å². The number of benzene rings is 1. The average molecular weight is 269 g/mol. The summed E-state index contributed by atoms with van der Waals surface area (Å²) in [4.78, 5) is 11.2. The maximum absolute atomic E-state index is 13.5. The predicted octanol–water partition coefficient (Wildman–Crippen LogP) is 2.26. The highest BCUT2D eigenvalue weighted by molar-refractivity contribution is 5.74. The van der Waals surface area contributed by atoms with Crippen LogP contribution in [0.4, 0.5) is 4.39 Å². The van der Waals surface area contributed by atoms with Crippen molar-refractivity contribution >= 4 is 5.97 Å². The first-order valence-electron chi connectivity index (χ1n) is 6.19. The highest BCUT2D eigenvalue weighted by Crippen LogP contribution is 2.18. The molecular formula is C14H20FNO3. The quantitative estimate of drug-likeness (QED) is 0.805. The van der Waals surface area contributed by atoms with Crippen molar-refractivity contribution in [1.29, 1.82) is 0 Å². The van der Waals surface area contributed by atoms with E-state index >= 15 is 0 Å². The van der Waals surface area contributed by atoms with Gasteiger partial charge in [0.2, 0.25) is 0 Å². The third-order valence-corrected chi connectivity index (χ3v) is 2.49. The molecule has 0 spiro atoms. The normalized spacial score (nSPS) is 12.3. The molecule has 1 rings (SSSR count). The van der Waals surface area contributed by atoms with Crippen LogP contribution in [-0.2, 0) is 16.1 Å². The number of hydrogen-bond donors (Lipinski definition) is 1. The van der Waals surface area contributed by atoms with E-state index in [1.165, 1.54) is 19.2 Å². The minimum Gasteiger partial charge on any atom is -0.479 e. The van der Waals surface area contributed by atoms with Crippen molar-refractivity contribution in [3.63, 3.8) is 0 Å². The minimum absolute atomic E-state index is 0.307. The molecule has 5 heteroatoms. The Kier molecular flexibility index (Phi) is 5.76. The van der Waals surface area contributed by atoms with E-state index in [2.05, 4.69) is 10.1 Å². The van der Waals surface area contributed by atoms with E-state index in [0.29, 0.717) is 18.3 Å². The molecular weight excluding hydrogens is 249 g/mol. The van der Waals surface area contributed by atoms with Crippen molar-refractivity contribution in [3.05, 3.63) is 29.6 Å². The van der Waals surface area contributed by atoms with Crippen LogP contribution in [0.2, 0.25) is 0 Å². The van der Waals surface area contributed by atoms with Gasteiger partial charge in [0.05, 0.1) is 7.11 Å². The monoisotopic (exact) mass is 269 g/mol. The highest BCUT2D eigenvalue weighted by atomic mass is 19.1. The third-order valence-electron chi connectivity index (χ3n) is 2.49. The van der Waals surface area contributed by atoms with Crippen molar-refractivity contribution in [2.75, 3.05) is 7.11 Å². The van der Waals surface area contributed by atoms with E-state index < -0.39 is 17.9 Å². The summed E-state index contributed by atoms with van der Waals surface area (Å²) >= 11 is 0. The van der Waals surface area contributed by atoms with Crippen LogP contribution in [0.25, 0.3) is 0 Å². The standard InChI is InChI=1S/C14H20FNO3/c1-9(2)16-8-11-5-12(15)7-13(6-11)19-10(3)14(17)18-4/h5-7,9-10,16H,8H2,1-4H3. The fourth-order valence-corrected chi connectivity index (χ4v) is 1.53. The second kappa shape index (κ2) is 7.09. The summed E-state index contributed by atoms with van der Waals surface area (Å²) in [6, 6.07) is 4.70. The van der Waals surface area contributed by atoms with Crippen LogP contribution in [0.3, 0.4) is 0 Å². The SMILES string of the molecule is COC(=O)C(C)Oc1cc(F)cc(CNC(C)C)c1. The molecule has 0 heterocycles. The van der Waals surface area contributed by atoms with Crippen LogP contribution >= 0.6 is 0 Å². The zero-order valence-corrected chi connectivity index (χ0v) is 11.7. The second-order valence-electron chi connectivity index (χ2n) is 4.61. The van der Waals surface area contributed by atoms with E-state index in [1.54, 1.807) is 13.0 Å². The maximum atomic E-state index is 13.5. The Labute approximate surface area is 112 Å². The molecule has 1 N–H and O–H groups in total. The van der Waals surface area contributed by atoms with Crippen LogP contribution in [0.1, 0.15) is 26.3 Å². The van der Waals surface area contributed by atoms with Crippen molar-refractivity contribution in [1.82, 2.24) is 5.32 Å². The van der Waals surface area contributed by atoms with E-state index in [0.717, 1.165) is 5.56 Å². The minimum atomic E-state index is -0.766. The van der Waals surface area contributed by atoms with Gasteiger partial charge in [-0.05, 0) is 24.6 Å². The molecule has 1 unspecified atom stereocenters. The lowest BCUT2D eigenvalue weighted by Crippen LogP contribution is -2.25. The Morgan fingerprint density at radius 1 is 1.32 bits per heavy atom. The lowest BCUT2D eigenvalue weighted by Gasteiger charge is -2.14. The van der Waals surface area contributed by atoms with Crippen LogP contribution in [0.15, 0.2) is 18.2 Å². The number of methoxy groups -OCH3 is 1. The highest BCUT2D eigenvalue weighted by Gasteiger charge is 2.15. The summed E-state index contributed by atoms with van der Waals surface area (Å²) in [5.41, 5.74) is 0.765. The average Bonchev–Trinajstić information content (AvgIpc) is 2.34. The van der Waals surface area contributed by atoms with Crippen molar-refractivity contribution in [3.8, 4) is 5.75 Å². The molecule has 0 aromatic heterocycles. The van der Waals surface area contributed by atoms with Crippen LogP contribution in [0.5, 0.6) is 5.75 Å². The lowest BCUT2D eigenvalue weighted by atomic mass is 10.2. The topological polar surface area (TPSA) is 47.6 Å². The number of carbonyl (C=O) groups excluding carboxylic acids is 1. The van der Waals surface area contributed by atoms with Gasteiger partial charge in [0.15, 0.2) is 6.10 Å². The fraction of sp³-hybridized carbons (Fsp3) is 0.500. The Balaban J connectivity index is 2.75. The summed E-state index contributed by atoms with van der Waals surface area (Å²) < 4.78 is 23.4. The smallest absolute Gasteiger partial charge is 0.346 e. The maximum Gasteiger partial charge on any atom is 0.346 e. The van der Waals surface area contributed by atoms with Crippen LogP contribution in [-0.4, -0.2) is 25.2 Å². The summed E-state index contributed by atoms with van der Waals surface area (Å²) in [6.45, 7) is 6.12. The van der Waals surface area contributed by atoms with Gasteiger partial charge < -0.3 is 14.8 Å². The number of halogens is 1. The first-order valence-corrected chi connectivity index (χ1v) is 6.19. The van der Waals surface area contributed by atoms with E-state index in [-0.39, 0.29) is 0 Å². The van der Waals surface area contributed by atoms with Gasteiger partial charge in [-0.15, -0.1) is 0 Å². The Morgan fingerprint density at radius 2 is 2.00 bits per heavy atom. The lowest BCUT2D eigenvalue weighted by molar-refractivity contribution is -0.147. The number of rotatable bonds is 6. The van der Waals surface area contributed by atoms with Gasteiger partial charge in [-0.25, -0.2) is 9.18 Å². The summed E-state index contributed by atoms with van der Waals surface area (Å²) in [6.07, 6.45) is -0.766. The van der Waals surface area contributed by atoms with Crippen LogP contribution in [0, 0.1) is 5.82 Å². The van der Waals surface area contributed by atoms with Gasteiger partial charge in [-0.3, -0.25) is 0 Å². The van der Waals surface area contributed by atoms with E-state index in [1.807, 2.05) is 13.8 Å². The van der Waals surface area contributed by atoms with Gasteiger partial charge in [0.1, 0.15) is 11.6 Å². The van der Waals surface area contributed by atoms with Crippen LogP contribution < -0.4 is 10.1 Å². The zero-order chi connectivity index (χ0) is 14.4. The van der Waals surface area contributed by atoms with Gasteiger partial charge >= 0.3 is 5.97 Å². The first-order chi connectivity index (χ1) is 8.92. The number of nitrogens with one attached hydrogen (secondary N) is 1.